The van der Waals surface area contributed by atoms with E-state index in [1.54, 1.807) is 6.07 Å². The number of aromatic nitrogens is 3. The zero-order chi connectivity index (χ0) is 16.4. The van der Waals surface area contributed by atoms with Crippen LogP contribution < -0.4 is 5.32 Å². The van der Waals surface area contributed by atoms with Crippen molar-refractivity contribution >= 4 is 16.9 Å². The monoisotopic (exact) mass is 324 g/mol. The molecule has 1 aromatic carbocycles. The van der Waals surface area contributed by atoms with Crippen molar-refractivity contribution < 1.29 is 17.6 Å². The quantitative estimate of drug-likeness (QED) is 0.718. The second-order valence-electron chi connectivity index (χ2n) is 4.92. The highest BCUT2D eigenvalue weighted by atomic mass is 19.4. The van der Waals surface area contributed by atoms with E-state index in [0.29, 0.717) is 23.3 Å². The van der Waals surface area contributed by atoms with Gasteiger partial charge in [0, 0.05) is 19.2 Å². The van der Waals surface area contributed by atoms with E-state index in [4.69, 9.17) is 0 Å². The van der Waals surface area contributed by atoms with Crippen LogP contribution in [0, 0.1) is 5.82 Å². The molecule has 0 spiro atoms. The molecule has 0 bridgehead atoms. The first-order valence-corrected chi connectivity index (χ1v) is 6.84. The third-order valence-corrected chi connectivity index (χ3v) is 3.26. The first kappa shape index (κ1) is 15.3. The molecule has 0 amide bonds. The van der Waals surface area contributed by atoms with Gasteiger partial charge < -0.3 is 10.3 Å². The summed E-state index contributed by atoms with van der Waals surface area (Å²) in [5.74, 6) is -0.0427. The van der Waals surface area contributed by atoms with Gasteiger partial charge in [0.1, 0.15) is 17.5 Å². The minimum absolute atomic E-state index is 0.211. The van der Waals surface area contributed by atoms with Gasteiger partial charge in [-0.05, 0) is 30.3 Å². The summed E-state index contributed by atoms with van der Waals surface area (Å²) in [5, 5.41) is 2.66. The van der Waals surface area contributed by atoms with Crippen molar-refractivity contribution in [1.82, 2.24) is 15.0 Å². The Labute approximate surface area is 128 Å². The fourth-order valence-electron chi connectivity index (χ4n) is 2.23. The third-order valence-electron chi connectivity index (χ3n) is 3.26. The molecular formula is C15H12F4N4. The number of aromatic amines is 1. The number of hydrogen-bond donors (Lipinski definition) is 2. The van der Waals surface area contributed by atoms with Gasteiger partial charge in [-0.15, -0.1) is 0 Å². The molecule has 0 aliphatic heterocycles. The summed E-state index contributed by atoms with van der Waals surface area (Å²) in [6.45, 7) is 0.211. The molecule has 2 aromatic heterocycles. The zero-order valence-corrected chi connectivity index (χ0v) is 11.8. The number of anilines is 1. The Bertz CT molecular complexity index is 826. The second-order valence-corrected chi connectivity index (χ2v) is 4.92. The largest absolute Gasteiger partial charge is 0.419 e. The topological polar surface area (TPSA) is 53.6 Å². The molecule has 0 aliphatic carbocycles. The highest BCUT2D eigenvalue weighted by Gasteiger charge is 2.33. The average Bonchev–Trinajstić information content (AvgIpc) is 2.88. The predicted octanol–water partition coefficient (Wildman–Crippen LogP) is 3.77. The van der Waals surface area contributed by atoms with Crippen LogP contribution in [0.15, 0.2) is 36.5 Å². The first-order valence-electron chi connectivity index (χ1n) is 6.84. The molecule has 0 radical (unpaired) electrons. The van der Waals surface area contributed by atoms with Gasteiger partial charge in [0.2, 0.25) is 0 Å². The number of nitrogens with zero attached hydrogens (tertiary/aromatic N) is 2. The van der Waals surface area contributed by atoms with Gasteiger partial charge in [-0.25, -0.2) is 14.4 Å². The van der Waals surface area contributed by atoms with Gasteiger partial charge in [0.05, 0.1) is 16.6 Å². The number of nitrogens with one attached hydrogen (secondary N) is 2. The summed E-state index contributed by atoms with van der Waals surface area (Å²) in [6.07, 6.45) is -2.82. The molecule has 0 fully saturated rings. The van der Waals surface area contributed by atoms with Gasteiger partial charge in [-0.1, -0.05) is 0 Å². The molecular weight excluding hydrogens is 312 g/mol. The van der Waals surface area contributed by atoms with Crippen LogP contribution in [-0.4, -0.2) is 21.5 Å². The molecule has 0 aliphatic rings. The third kappa shape index (κ3) is 3.41. The zero-order valence-electron chi connectivity index (χ0n) is 11.8. The number of fused-ring (bicyclic) bond motifs is 1. The molecule has 23 heavy (non-hydrogen) atoms. The van der Waals surface area contributed by atoms with Crippen LogP contribution in [0.5, 0.6) is 0 Å². The number of pyridine rings is 1. The lowest BCUT2D eigenvalue weighted by molar-refractivity contribution is -0.137. The van der Waals surface area contributed by atoms with Crippen LogP contribution in [0.25, 0.3) is 11.0 Å². The van der Waals surface area contributed by atoms with Crippen LogP contribution in [-0.2, 0) is 12.6 Å². The molecule has 0 atom stereocenters. The maximum absolute atomic E-state index is 13.1. The molecule has 3 aromatic rings. The molecule has 120 valence electrons. The predicted molar refractivity (Wildman–Crippen MR) is 77.5 cm³/mol. The standard InChI is InChI=1S/C15H12F4N4/c16-9-3-4-11-12(8-9)23-13(22-11)5-7-21-14-10(15(17,18)19)2-1-6-20-14/h1-4,6,8H,5,7H2,(H,20,21)(H,22,23). The Morgan fingerprint density at radius 2 is 2.00 bits per heavy atom. The lowest BCUT2D eigenvalue weighted by atomic mass is 10.2. The smallest absolute Gasteiger partial charge is 0.369 e. The number of halogens is 4. The van der Waals surface area contributed by atoms with E-state index < -0.39 is 11.7 Å². The molecule has 2 N–H and O–H groups in total. The molecule has 2 heterocycles. The van der Waals surface area contributed by atoms with Crippen molar-refractivity contribution in [2.24, 2.45) is 0 Å². The van der Waals surface area contributed by atoms with Crippen LogP contribution in [0.4, 0.5) is 23.4 Å². The fraction of sp³-hybridized carbons (Fsp3) is 0.200. The molecule has 3 rings (SSSR count). The second kappa shape index (κ2) is 5.86. The molecule has 4 nitrogen and oxygen atoms in total. The van der Waals surface area contributed by atoms with Crippen molar-refractivity contribution in [1.29, 1.82) is 0 Å². The summed E-state index contributed by atoms with van der Waals surface area (Å²) in [4.78, 5) is 10.9. The van der Waals surface area contributed by atoms with E-state index >= 15 is 0 Å². The maximum Gasteiger partial charge on any atom is 0.419 e. The number of alkyl halides is 3. The number of rotatable bonds is 4. The summed E-state index contributed by atoms with van der Waals surface area (Å²) < 4.78 is 51.6. The van der Waals surface area contributed by atoms with Gasteiger partial charge in [0.15, 0.2) is 0 Å². The maximum atomic E-state index is 13.1. The highest BCUT2D eigenvalue weighted by Crippen LogP contribution is 2.33. The molecule has 8 heteroatoms. The number of H-pyrrole nitrogens is 1. The minimum Gasteiger partial charge on any atom is -0.369 e. The summed E-state index contributed by atoms with van der Waals surface area (Å²) in [5.41, 5.74) is 0.343. The summed E-state index contributed by atoms with van der Waals surface area (Å²) in [7, 11) is 0. The summed E-state index contributed by atoms with van der Waals surface area (Å²) >= 11 is 0. The van der Waals surface area contributed by atoms with E-state index in [0.717, 1.165) is 6.07 Å². The Balaban J connectivity index is 1.69. The number of imidazole rings is 1. The Hall–Kier alpha value is -2.64. The van der Waals surface area contributed by atoms with Crippen LogP contribution in [0.1, 0.15) is 11.4 Å². The van der Waals surface area contributed by atoms with Gasteiger partial charge >= 0.3 is 6.18 Å². The number of benzene rings is 1. The lowest BCUT2D eigenvalue weighted by Gasteiger charge is -2.12. The average molecular weight is 324 g/mol. The molecule has 0 saturated carbocycles. The van der Waals surface area contributed by atoms with Crippen LogP contribution in [0.3, 0.4) is 0 Å². The summed E-state index contributed by atoms with van der Waals surface area (Å²) in [6, 6.07) is 6.37. The van der Waals surface area contributed by atoms with E-state index in [2.05, 4.69) is 20.3 Å². The van der Waals surface area contributed by atoms with E-state index in [-0.39, 0.29) is 18.2 Å². The van der Waals surface area contributed by atoms with Crippen molar-refractivity contribution in [2.45, 2.75) is 12.6 Å². The van der Waals surface area contributed by atoms with Gasteiger partial charge in [0.25, 0.3) is 0 Å². The molecule has 0 saturated heterocycles. The van der Waals surface area contributed by atoms with Crippen molar-refractivity contribution in [3.63, 3.8) is 0 Å². The minimum atomic E-state index is -4.46. The highest BCUT2D eigenvalue weighted by molar-refractivity contribution is 5.74. The Morgan fingerprint density at radius 3 is 2.78 bits per heavy atom. The van der Waals surface area contributed by atoms with Crippen LogP contribution >= 0.6 is 0 Å². The Kier molecular flexibility index (Phi) is 3.89. The van der Waals surface area contributed by atoms with E-state index in [1.807, 2.05) is 0 Å². The normalized spacial score (nSPS) is 11.8. The number of hydrogen-bond acceptors (Lipinski definition) is 3. The SMILES string of the molecule is Fc1ccc2nc(CCNc3ncccc3C(F)(F)F)[nH]c2c1. The molecule has 0 unspecified atom stereocenters. The van der Waals surface area contributed by atoms with E-state index in [9.17, 15) is 17.6 Å². The van der Waals surface area contributed by atoms with Crippen molar-refractivity contribution in [2.75, 3.05) is 11.9 Å². The lowest BCUT2D eigenvalue weighted by Crippen LogP contribution is -2.14. The van der Waals surface area contributed by atoms with Gasteiger partial charge in [-0.3, -0.25) is 0 Å². The first-order chi connectivity index (χ1) is 10.9. The Morgan fingerprint density at radius 1 is 1.17 bits per heavy atom. The van der Waals surface area contributed by atoms with Crippen molar-refractivity contribution in [3.8, 4) is 0 Å². The van der Waals surface area contributed by atoms with E-state index in [1.165, 1.54) is 24.4 Å². The van der Waals surface area contributed by atoms with Gasteiger partial charge in [-0.2, -0.15) is 13.2 Å². The van der Waals surface area contributed by atoms with Crippen molar-refractivity contribution in [3.05, 3.63) is 53.7 Å². The fourth-order valence-corrected chi connectivity index (χ4v) is 2.23. The van der Waals surface area contributed by atoms with Crippen LogP contribution in [0.2, 0.25) is 0 Å².